The molecule has 0 radical (unpaired) electrons. The third-order valence-electron chi connectivity index (χ3n) is 9.09. The van der Waals surface area contributed by atoms with Gasteiger partial charge in [0.25, 0.3) is 0 Å². The summed E-state index contributed by atoms with van der Waals surface area (Å²) < 4.78 is 0. The molecule has 0 aliphatic heterocycles. The van der Waals surface area contributed by atoms with Crippen LogP contribution in [0.2, 0.25) is 0 Å². The van der Waals surface area contributed by atoms with Crippen molar-refractivity contribution < 1.29 is 25.6 Å². The van der Waals surface area contributed by atoms with Gasteiger partial charge in [-0.05, 0) is 56.8 Å². The van der Waals surface area contributed by atoms with Crippen molar-refractivity contribution in [3.8, 4) is 0 Å². The molecule has 0 unspecified atom stereocenters. The minimum absolute atomic E-state index is 0.0418. The van der Waals surface area contributed by atoms with Gasteiger partial charge in [-0.15, -0.1) is 0 Å². The molecule has 4 rings (SSSR count). The number of hydrogen-bond acceptors (Lipinski definition) is 6. The quantitative estimate of drug-likeness (QED) is 0.329. The van der Waals surface area contributed by atoms with Crippen molar-refractivity contribution in [2.75, 3.05) is 0 Å². The van der Waals surface area contributed by atoms with E-state index in [1.165, 1.54) is 0 Å². The van der Waals surface area contributed by atoms with E-state index >= 15 is 0 Å². The van der Waals surface area contributed by atoms with Crippen LogP contribution in [0.25, 0.3) is 0 Å². The van der Waals surface area contributed by atoms with Crippen molar-refractivity contribution in [3.05, 3.63) is 0 Å². The molecule has 4 aliphatic rings. The number of nitrogens with zero attached hydrogens (tertiary/aromatic N) is 1. The fourth-order valence-corrected chi connectivity index (χ4v) is 7.68. The van der Waals surface area contributed by atoms with Crippen LogP contribution >= 0.6 is 0 Å². The highest BCUT2D eigenvalue weighted by molar-refractivity contribution is 5.96. The summed E-state index contributed by atoms with van der Waals surface area (Å²) in [4.78, 5) is 0. The summed E-state index contributed by atoms with van der Waals surface area (Å²) >= 11 is 0. The van der Waals surface area contributed by atoms with Crippen molar-refractivity contribution >= 4 is 5.71 Å². The molecular formula is C20H33NO5. The lowest BCUT2D eigenvalue weighted by molar-refractivity contribution is -0.175. The van der Waals surface area contributed by atoms with Gasteiger partial charge in [-0.1, -0.05) is 25.9 Å². The lowest BCUT2D eigenvalue weighted by Gasteiger charge is -2.45. The molecule has 6 nitrogen and oxygen atoms in total. The minimum Gasteiger partial charge on any atom is -0.411 e. The second-order valence-corrected chi connectivity index (χ2v) is 10.4. The van der Waals surface area contributed by atoms with Crippen LogP contribution in [0, 0.1) is 34.5 Å². The average molecular weight is 367 g/mol. The van der Waals surface area contributed by atoms with Crippen molar-refractivity contribution in [1.29, 1.82) is 0 Å². The van der Waals surface area contributed by atoms with E-state index in [0.29, 0.717) is 18.6 Å². The van der Waals surface area contributed by atoms with Gasteiger partial charge in [0.05, 0.1) is 23.5 Å². The van der Waals surface area contributed by atoms with E-state index < -0.39 is 34.2 Å². The van der Waals surface area contributed by atoms with Crippen LogP contribution in [0.5, 0.6) is 0 Å². The van der Waals surface area contributed by atoms with Gasteiger partial charge in [0.1, 0.15) is 5.60 Å². The maximum Gasteiger partial charge on any atom is 0.101 e. The molecule has 0 saturated heterocycles. The van der Waals surface area contributed by atoms with Gasteiger partial charge in [0.2, 0.25) is 0 Å². The molecule has 26 heavy (non-hydrogen) atoms. The van der Waals surface area contributed by atoms with Crippen LogP contribution in [-0.4, -0.2) is 54.8 Å². The summed E-state index contributed by atoms with van der Waals surface area (Å²) in [5.74, 6) is -0.281. The van der Waals surface area contributed by atoms with Crippen LogP contribution < -0.4 is 0 Å². The van der Waals surface area contributed by atoms with Crippen molar-refractivity contribution in [1.82, 2.24) is 0 Å². The number of fused-ring (bicyclic) bond motifs is 2. The molecular weight excluding hydrogens is 334 g/mol. The second kappa shape index (κ2) is 5.22. The largest absolute Gasteiger partial charge is 0.411 e. The molecule has 1 spiro atoms. The SMILES string of the molecule is C[C@H]1[C@@H]2CC[C@@H]3/C(=N\O)[C@@]2(C[C@@H](O)[C@@]2(O)[C@H]1C[C@H](O)C2(C)C)C[C@@]3(C)O. The maximum absolute atomic E-state index is 11.7. The van der Waals surface area contributed by atoms with E-state index in [-0.39, 0.29) is 30.1 Å². The molecule has 6 heteroatoms. The summed E-state index contributed by atoms with van der Waals surface area (Å²) in [7, 11) is 0. The first-order valence-corrected chi connectivity index (χ1v) is 9.97. The highest BCUT2D eigenvalue weighted by Gasteiger charge is 2.72. The zero-order valence-electron chi connectivity index (χ0n) is 16.2. The van der Waals surface area contributed by atoms with E-state index in [1.54, 1.807) is 6.92 Å². The normalized spacial score (nSPS) is 59.8. The first-order chi connectivity index (χ1) is 11.9. The summed E-state index contributed by atoms with van der Waals surface area (Å²) in [6.07, 6.45) is 1.07. The predicted octanol–water partition coefficient (Wildman–Crippen LogP) is 1.52. The molecule has 5 N–H and O–H groups in total. The smallest absolute Gasteiger partial charge is 0.101 e. The Balaban J connectivity index is 1.87. The molecule has 2 bridgehead atoms. The molecule has 0 amide bonds. The van der Waals surface area contributed by atoms with Gasteiger partial charge in [0, 0.05) is 16.7 Å². The van der Waals surface area contributed by atoms with Gasteiger partial charge in [0.15, 0.2) is 0 Å². The summed E-state index contributed by atoms with van der Waals surface area (Å²) in [5.41, 5.74) is -3.19. The van der Waals surface area contributed by atoms with E-state index in [9.17, 15) is 25.6 Å². The highest BCUT2D eigenvalue weighted by atomic mass is 16.4. The van der Waals surface area contributed by atoms with E-state index in [4.69, 9.17) is 0 Å². The highest BCUT2D eigenvalue weighted by Crippen LogP contribution is 2.67. The maximum atomic E-state index is 11.7. The first kappa shape index (κ1) is 18.7. The third-order valence-corrected chi connectivity index (χ3v) is 9.09. The molecule has 4 aliphatic carbocycles. The topological polar surface area (TPSA) is 114 Å². The third kappa shape index (κ3) is 1.89. The lowest BCUT2D eigenvalue weighted by Crippen LogP contribution is -2.57. The fourth-order valence-electron chi connectivity index (χ4n) is 7.68. The number of rotatable bonds is 0. The fraction of sp³-hybridized carbons (Fsp3) is 0.950. The number of oxime groups is 1. The van der Waals surface area contributed by atoms with Crippen molar-refractivity contribution in [3.63, 3.8) is 0 Å². The molecule has 4 fully saturated rings. The number of aliphatic hydroxyl groups is 4. The van der Waals surface area contributed by atoms with Crippen molar-refractivity contribution in [2.45, 2.75) is 83.2 Å². The van der Waals surface area contributed by atoms with Gasteiger partial charge in [-0.2, -0.15) is 0 Å². The molecule has 0 aromatic carbocycles. The molecule has 0 aromatic rings. The van der Waals surface area contributed by atoms with Gasteiger partial charge < -0.3 is 25.6 Å². The molecule has 0 aromatic heterocycles. The van der Waals surface area contributed by atoms with Crippen LogP contribution in [0.1, 0.15) is 59.8 Å². The Morgan fingerprint density at radius 2 is 1.65 bits per heavy atom. The van der Waals surface area contributed by atoms with Gasteiger partial charge in [-0.25, -0.2) is 0 Å². The predicted molar refractivity (Wildman–Crippen MR) is 95.7 cm³/mol. The van der Waals surface area contributed by atoms with Crippen LogP contribution in [0.3, 0.4) is 0 Å². The molecule has 4 saturated carbocycles. The van der Waals surface area contributed by atoms with E-state index in [2.05, 4.69) is 12.1 Å². The molecule has 148 valence electrons. The Labute approximate surface area is 154 Å². The standard InChI is InChI=1S/C20H33NO5/c1-10-11-5-6-12-16(21-26)19(11,9-18(12,4)24)8-15(23)20(25)13(10)7-14(22)17(20,2)3/h10-15,22-26H,5-9H2,1-4H3/b21-16+/t10-,11-,12+,13-,14-,15+,18+,19-,20-/m0/s1. The lowest BCUT2D eigenvalue weighted by atomic mass is 9.60. The number of aliphatic hydroxyl groups excluding tert-OH is 2. The zero-order chi connectivity index (χ0) is 19.3. The number of hydrogen-bond donors (Lipinski definition) is 5. The minimum atomic E-state index is -1.40. The van der Waals surface area contributed by atoms with E-state index in [0.717, 1.165) is 12.8 Å². The second-order valence-electron chi connectivity index (χ2n) is 10.4. The Morgan fingerprint density at radius 1 is 1.00 bits per heavy atom. The molecule has 0 heterocycles. The monoisotopic (exact) mass is 367 g/mol. The Bertz CT molecular complexity index is 646. The van der Waals surface area contributed by atoms with Crippen LogP contribution in [-0.2, 0) is 0 Å². The summed E-state index contributed by atoms with van der Waals surface area (Å²) in [5, 5.41) is 58.0. The molecule has 9 atom stereocenters. The van der Waals surface area contributed by atoms with Gasteiger partial charge >= 0.3 is 0 Å². The Hall–Kier alpha value is -0.690. The average Bonchev–Trinajstić information content (AvgIpc) is 2.78. The van der Waals surface area contributed by atoms with Crippen molar-refractivity contribution in [2.24, 2.45) is 39.7 Å². The first-order valence-electron chi connectivity index (χ1n) is 9.97. The van der Waals surface area contributed by atoms with Crippen LogP contribution in [0.15, 0.2) is 5.16 Å². The van der Waals surface area contributed by atoms with Gasteiger partial charge in [-0.3, -0.25) is 0 Å². The van der Waals surface area contributed by atoms with Crippen LogP contribution in [0.4, 0.5) is 0 Å². The summed E-state index contributed by atoms with van der Waals surface area (Å²) in [6.45, 7) is 7.55. The zero-order valence-corrected chi connectivity index (χ0v) is 16.2. The summed E-state index contributed by atoms with van der Waals surface area (Å²) in [6, 6.07) is 0. The Morgan fingerprint density at radius 3 is 2.27 bits per heavy atom. The van der Waals surface area contributed by atoms with E-state index in [1.807, 2.05) is 13.8 Å². The Kier molecular flexibility index (Phi) is 3.75.